The molecule has 3 heterocycles. The lowest BCUT2D eigenvalue weighted by Gasteiger charge is -2.43. The van der Waals surface area contributed by atoms with E-state index in [0.29, 0.717) is 19.5 Å². The maximum atomic E-state index is 14.4. The van der Waals surface area contributed by atoms with Crippen molar-refractivity contribution in [3.63, 3.8) is 0 Å². The van der Waals surface area contributed by atoms with Crippen molar-refractivity contribution in [2.45, 2.75) is 81.5 Å². The third kappa shape index (κ3) is 4.35. The molecule has 0 radical (unpaired) electrons. The fourth-order valence-electron chi connectivity index (χ4n) is 6.72. The number of rotatable bonds is 12. The van der Waals surface area contributed by atoms with E-state index in [4.69, 9.17) is 0 Å². The van der Waals surface area contributed by atoms with Gasteiger partial charge in [0, 0.05) is 31.4 Å². The number of fused-ring (bicyclic) bond motifs is 1. The maximum Gasteiger partial charge on any atom is 0.247 e. The van der Waals surface area contributed by atoms with E-state index in [0.717, 1.165) is 19.3 Å². The number of hydrogen-bond acceptors (Lipinski definition) is 5. The van der Waals surface area contributed by atoms with Crippen LogP contribution in [0.3, 0.4) is 0 Å². The highest BCUT2D eigenvalue weighted by molar-refractivity contribution is 8.02. The van der Waals surface area contributed by atoms with E-state index in [-0.39, 0.29) is 41.5 Å². The molecule has 0 aromatic carbocycles. The Hall–Kier alpha value is -1.80. The van der Waals surface area contributed by atoms with Crippen LogP contribution < -0.4 is 0 Å². The van der Waals surface area contributed by atoms with Crippen LogP contribution in [0.2, 0.25) is 0 Å². The third-order valence-corrected chi connectivity index (χ3v) is 10.5. The van der Waals surface area contributed by atoms with Crippen molar-refractivity contribution in [3.05, 3.63) is 25.3 Å². The number of aliphatic hydroxyl groups is 1. The molecule has 3 amide bonds. The maximum absolute atomic E-state index is 14.4. The van der Waals surface area contributed by atoms with Gasteiger partial charge in [0.05, 0.1) is 29.2 Å². The SMILES string of the molecule is C=CCN(C)C(=O)[C@@H]1[C@H]2C(=O)N([C@@H](CC)CO)C(C(=O)N(CC=C)C(C)CCC)C23S[C@@H]1CC3C. The predicted octanol–water partition coefficient (Wildman–Crippen LogP) is 2.94. The molecule has 4 unspecified atom stereocenters. The Morgan fingerprint density at radius 2 is 1.91 bits per heavy atom. The van der Waals surface area contributed by atoms with Crippen LogP contribution in [0.4, 0.5) is 0 Å². The molecule has 3 rings (SSSR count). The zero-order valence-corrected chi connectivity index (χ0v) is 22.8. The fourth-order valence-corrected chi connectivity index (χ4v) is 9.12. The molecular weight excluding hydrogens is 462 g/mol. The fraction of sp³-hybridized carbons (Fsp3) is 0.741. The average Bonchev–Trinajstić information content (AvgIpc) is 3.42. The van der Waals surface area contributed by atoms with Gasteiger partial charge in [0.25, 0.3) is 0 Å². The van der Waals surface area contributed by atoms with Crippen LogP contribution in [0.5, 0.6) is 0 Å². The summed E-state index contributed by atoms with van der Waals surface area (Å²) >= 11 is 1.68. The van der Waals surface area contributed by atoms with Crippen LogP contribution in [0, 0.1) is 17.8 Å². The zero-order chi connectivity index (χ0) is 26.1. The molecule has 35 heavy (non-hydrogen) atoms. The summed E-state index contributed by atoms with van der Waals surface area (Å²) < 4.78 is -0.678. The highest BCUT2D eigenvalue weighted by atomic mass is 32.2. The van der Waals surface area contributed by atoms with Crippen LogP contribution in [-0.4, -0.2) is 92.4 Å². The molecule has 0 aliphatic carbocycles. The number of hydrogen-bond donors (Lipinski definition) is 1. The largest absolute Gasteiger partial charge is 0.394 e. The normalized spacial score (nSPS) is 32.8. The van der Waals surface area contributed by atoms with Crippen molar-refractivity contribution in [2.75, 3.05) is 26.7 Å². The second kappa shape index (κ2) is 11.1. The lowest BCUT2D eigenvalue weighted by Crippen LogP contribution is -2.60. The lowest BCUT2D eigenvalue weighted by atomic mass is 9.65. The smallest absolute Gasteiger partial charge is 0.247 e. The van der Waals surface area contributed by atoms with Gasteiger partial charge in [0.1, 0.15) is 6.04 Å². The van der Waals surface area contributed by atoms with E-state index < -0.39 is 28.7 Å². The summed E-state index contributed by atoms with van der Waals surface area (Å²) in [7, 11) is 1.75. The number of carbonyl (C=O) groups excluding carboxylic acids is 3. The molecule has 0 saturated carbocycles. The Morgan fingerprint density at radius 3 is 2.46 bits per heavy atom. The standard InChI is InChI=1S/C27H43N3O4S/c1-8-12-18(6)29(14-10-3)26(34)23-27-17(5)15-20(35-27)21(24(32)28(7)13-9-2)22(27)25(33)30(23)19(11-4)16-31/h9-10,17-23,31H,2-3,8,11-16H2,1,4-7H3/t17?,18?,19-,20+,21-,22-,23?,27?/m0/s1. The summed E-state index contributed by atoms with van der Waals surface area (Å²) in [6.07, 6.45) is 6.56. The quantitative estimate of drug-likeness (QED) is 0.413. The Labute approximate surface area is 215 Å². The van der Waals surface area contributed by atoms with Crippen molar-refractivity contribution < 1.29 is 19.5 Å². The minimum absolute atomic E-state index is 0.00201. The van der Waals surface area contributed by atoms with Crippen LogP contribution in [-0.2, 0) is 14.4 Å². The first-order valence-electron chi connectivity index (χ1n) is 13.0. The molecule has 196 valence electrons. The Balaban J connectivity index is 2.13. The minimum Gasteiger partial charge on any atom is -0.394 e. The van der Waals surface area contributed by atoms with Gasteiger partial charge in [-0.15, -0.1) is 24.9 Å². The molecule has 8 atom stereocenters. The van der Waals surface area contributed by atoms with E-state index in [2.05, 4.69) is 27.0 Å². The highest BCUT2D eigenvalue weighted by Gasteiger charge is 2.76. The second-order valence-corrected chi connectivity index (χ2v) is 12.0. The molecule has 3 aliphatic rings. The van der Waals surface area contributed by atoms with E-state index in [1.807, 2.05) is 18.7 Å². The van der Waals surface area contributed by atoms with Crippen molar-refractivity contribution >= 4 is 29.5 Å². The molecule has 0 aromatic rings. The van der Waals surface area contributed by atoms with E-state index in [1.54, 1.807) is 40.8 Å². The number of aliphatic hydroxyl groups excluding tert-OH is 1. The van der Waals surface area contributed by atoms with Crippen LogP contribution in [0.1, 0.15) is 53.4 Å². The second-order valence-electron chi connectivity index (χ2n) is 10.5. The molecule has 8 heteroatoms. The van der Waals surface area contributed by atoms with Crippen molar-refractivity contribution in [1.29, 1.82) is 0 Å². The van der Waals surface area contributed by atoms with Gasteiger partial charge in [-0.25, -0.2) is 0 Å². The Kier molecular flexibility index (Phi) is 8.79. The Morgan fingerprint density at radius 1 is 1.26 bits per heavy atom. The van der Waals surface area contributed by atoms with E-state index >= 15 is 0 Å². The van der Waals surface area contributed by atoms with Gasteiger partial charge in [0.2, 0.25) is 17.7 Å². The number of nitrogens with zero attached hydrogens (tertiary/aromatic N) is 3. The van der Waals surface area contributed by atoms with Gasteiger partial charge in [0.15, 0.2) is 0 Å². The molecule has 7 nitrogen and oxygen atoms in total. The third-order valence-electron chi connectivity index (χ3n) is 8.40. The van der Waals surface area contributed by atoms with Gasteiger partial charge < -0.3 is 19.8 Å². The van der Waals surface area contributed by atoms with E-state index in [9.17, 15) is 19.5 Å². The summed E-state index contributed by atoms with van der Waals surface area (Å²) in [5.74, 6) is -1.22. The number of amides is 3. The lowest BCUT2D eigenvalue weighted by molar-refractivity contribution is -0.147. The van der Waals surface area contributed by atoms with E-state index in [1.165, 1.54) is 0 Å². The summed E-state index contributed by atoms with van der Waals surface area (Å²) in [5.41, 5.74) is 0. The van der Waals surface area contributed by atoms with Crippen molar-refractivity contribution in [3.8, 4) is 0 Å². The average molecular weight is 506 g/mol. The van der Waals surface area contributed by atoms with Crippen LogP contribution in [0.25, 0.3) is 0 Å². The Bertz CT molecular complexity index is 846. The molecule has 3 fully saturated rings. The molecule has 3 saturated heterocycles. The van der Waals surface area contributed by atoms with Crippen molar-refractivity contribution in [1.82, 2.24) is 14.7 Å². The van der Waals surface area contributed by atoms with Gasteiger partial charge in [-0.3, -0.25) is 14.4 Å². The first kappa shape index (κ1) is 27.8. The topological polar surface area (TPSA) is 81.2 Å². The monoisotopic (exact) mass is 505 g/mol. The summed E-state index contributed by atoms with van der Waals surface area (Å²) in [6.45, 7) is 16.4. The predicted molar refractivity (Wildman–Crippen MR) is 141 cm³/mol. The first-order chi connectivity index (χ1) is 16.7. The molecule has 0 aromatic heterocycles. The molecule has 2 bridgehead atoms. The molecular formula is C27H43N3O4S. The molecule has 1 spiro atoms. The van der Waals surface area contributed by atoms with Crippen LogP contribution in [0.15, 0.2) is 25.3 Å². The highest BCUT2D eigenvalue weighted by Crippen LogP contribution is 2.69. The summed E-state index contributed by atoms with van der Waals surface area (Å²) in [5, 5.41) is 10.2. The molecule has 3 aliphatic heterocycles. The van der Waals surface area contributed by atoms with Gasteiger partial charge in [-0.2, -0.15) is 0 Å². The minimum atomic E-state index is -0.705. The number of likely N-dealkylation sites (tertiary alicyclic amines) is 1. The summed E-state index contributed by atoms with van der Waals surface area (Å²) in [6, 6.07) is -1.16. The van der Waals surface area contributed by atoms with Crippen LogP contribution >= 0.6 is 11.8 Å². The van der Waals surface area contributed by atoms with Crippen molar-refractivity contribution in [2.24, 2.45) is 17.8 Å². The molecule has 1 N–H and O–H groups in total. The number of likely N-dealkylation sites (N-methyl/N-ethyl adjacent to an activating group) is 1. The first-order valence-corrected chi connectivity index (χ1v) is 13.9. The number of carbonyl (C=O) groups is 3. The van der Waals surface area contributed by atoms with Gasteiger partial charge in [-0.1, -0.05) is 39.3 Å². The summed E-state index contributed by atoms with van der Waals surface area (Å²) in [4.78, 5) is 47.3. The van der Waals surface area contributed by atoms with Gasteiger partial charge >= 0.3 is 0 Å². The zero-order valence-electron chi connectivity index (χ0n) is 22.0. The number of thioether (sulfide) groups is 1. The van der Waals surface area contributed by atoms with Gasteiger partial charge in [-0.05, 0) is 32.1 Å².